The number of nitrogens with zero attached hydrogens (tertiary/aromatic N) is 2. The van der Waals surface area contributed by atoms with Gasteiger partial charge in [0.1, 0.15) is 23.2 Å². The zero-order chi connectivity index (χ0) is 22.8. The predicted molar refractivity (Wildman–Crippen MR) is 110 cm³/mol. The van der Waals surface area contributed by atoms with Gasteiger partial charge in [0.25, 0.3) is 5.91 Å². The minimum absolute atomic E-state index is 0.0645. The highest BCUT2D eigenvalue weighted by Crippen LogP contribution is 2.60. The standard InChI is InChI=1S/C23H28FN3O5/c1-22(2,3)32-21(30)26-23-9-12-8-15(23)17(31-20(29)13-4-5-13)18(23)27(11-12)19(28)16-7-6-14(24)10-25-16/h6-7,10,12-13,15,17-18H,4-5,8-9,11H2,1-3H3,(H,26,30)/t12-,15-,17-,18-,23?/m1/s1. The van der Waals surface area contributed by atoms with Gasteiger partial charge in [0, 0.05) is 12.5 Å². The first-order valence-corrected chi connectivity index (χ1v) is 11.2. The molecule has 3 aliphatic carbocycles. The Kier molecular flexibility index (Phi) is 4.73. The Morgan fingerprint density at radius 3 is 2.62 bits per heavy atom. The third-order valence-corrected chi connectivity index (χ3v) is 7.01. The fraction of sp³-hybridized carbons (Fsp3) is 0.652. The summed E-state index contributed by atoms with van der Waals surface area (Å²) < 4.78 is 24.7. The zero-order valence-corrected chi connectivity index (χ0v) is 18.5. The van der Waals surface area contributed by atoms with Crippen molar-refractivity contribution in [2.24, 2.45) is 17.8 Å². The van der Waals surface area contributed by atoms with Gasteiger partial charge >= 0.3 is 12.1 Å². The van der Waals surface area contributed by atoms with Gasteiger partial charge in [0.05, 0.1) is 23.7 Å². The van der Waals surface area contributed by atoms with Crippen LogP contribution in [-0.2, 0) is 14.3 Å². The molecular formula is C23H28FN3O5. The summed E-state index contributed by atoms with van der Waals surface area (Å²) in [6, 6.07) is 2.03. The second-order valence-corrected chi connectivity index (χ2v) is 10.5. The molecule has 1 aliphatic heterocycles. The van der Waals surface area contributed by atoms with Gasteiger partial charge < -0.3 is 19.7 Å². The van der Waals surface area contributed by atoms with E-state index in [1.165, 1.54) is 12.1 Å². The smallest absolute Gasteiger partial charge is 0.408 e. The van der Waals surface area contributed by atoms with Crippen LogP contribution in [0.5, 0.6) is 0 Å². The molecule has 1 saturated heterocycles. The maximum absolute atomic E-state index is 13.4. The normalized spacial score (nSPS) is 32.7. The number of rotatable bonds is 4. The number of aromatic nitrogens is 1. The van der Waals surface area contributed by atoms with Crippen molar-refractivity contribution in [3.05, 3.63) is 29.8 Å². The molecule has 2 heterocycles. The fourth-order valence-electron chi connectivity index (χ4n) is 5.70. The summed E-state index contributed by atoms with van der Waals surface area (Å²) in [6.07, 6.45) is 3.06. The van der Waals surface area contributed by atoms with Crippen LogP contribution in [0.1, 0.15) is 56.9 Å². The predicted octanol–water partition coefficient (Wildman–Crippen LogP) is 2.67. The molecule has 0 radical (unpaired) electrons. The lowest BCUT2D eigenvalue weighted by atomic mass is 9.60. The van der Waals surface area contributed by atoms with Gasteiger partial charge in [-0.2, -0.15) is 0 Å². The zero-order valence-electron chi connectivity index (χ0n) is 18.5. The summed E-state index contributed by atoms with van der Waals surface area (Å²) >= 11 is 0. The van der Waals surface area contributed by atoms with Crippen molar-refractivity contribution >= 4 is 18.0 Å². The maximum Gasteiger partial charge on any atom is 0.408 e. The molecule has 9 heteroatoms. The fourth-order valence-corrected chi connectivity index (χ4v) is 5.70. The number of carbonyl (C=O) groups is 3. The SMILES string of the molecule is CC(C)(C)OC(=O)NC12C[C@H]3C[C@@H]1[C@@H](OC(=O)C1CC1)[C@H]2N(C(=O)c1ccc(F)cn1)C3. The molecule has 0 aromatic carbocycles. The number of piperidine rings is 1. The van der Waals surface area contributed by atoms with Crippen LogP contribution in [0.3, 0.4) is 0 Å². The van der Waals surface area contributed by atoms with Crippen LogP contribution in [0, 0.1) is 23.6 Å². The molecule has 1 N–H and O–H groups in total. The summed E-state index contributed by atoms with van der Waals surface area (Å²) in [5.74, 6) is -1.10. The first-order valence-electron chi connectivity index (χ1n) is 11.2. The Hall–Kier alpha value is -2.71. The van der Waals surface area contributed by atoms with E-state index in [9.17, 15) is 18.8 Å². The Labute approximate surface area is 185 Å². The van der Waals surface area contributed by atoms with E-state index >= 15 is 0 Å². The number of esters is 1. The van der Waals surface area contributed by atoms with Crippen LogP contribution < -0.4 is 5.32 Å². The molecule has 1 unspecified atom stereocenters. The number of halogens is 1. The highest BCUT2D eigenvalue weighted by atomic mass is 19.1. The summed E-state index contributed by atoms with van der Waals surface area (Å²) in [7, 11) is 0. The van der Waals surface area contributed by atoms with Gasteiger partial charge in [0.15, 0.2) is 0 Å². The van der Waals surface area contributed by atoms with E-state index in [2.05, 4.69) is 10.3 Å². The van der Waals surface area contributed by atoms with E-state index in [-0.39, 0.29) is 35.3 Å². The van der Waals surface area contributed by atoms with Crippen molar-refractivity contribution in [2.45, 2.75) is 69.7 Å². The summed E-state index contributed by atoms with van der Waals surface area (Å²) in [6.45, 7) is 5.85. The molecule has 3 saturated carbocycles. The number of pyridine rings is 1. The first kappa shape index (κ1) is 21.2. The van der Waals surface area contributed by atoms with E-state index < -0.39 is 35.2 Å². The van der Waals surface area contributed by atoms with Crippen molar-refractivity contribution in [3.63, 3.8) is 0 Å². The van der Waals surface area contributed by atoms with Crippen LogP contribution in [0.25, 0.3) is 0 Å². The summed E-state index contributed by atoms with van der Waals surface area (Å²) in [4.78, 5) is 44.1. The van der Waals surface area contributed by atoms with Crippen molar-refractivity contribution < 1.29 is 28.2 Å². The molecule has 8 nitrogen and oxygen atoms in total. The average Bonchev–Trinajstić information content (AvgIpc) is 3.52. The Morgan fingerprint density at radius 1 is 1.25 bits per heavy atom. The minimum Gasteiger partial charge on any atom is -0.459 e. The number of ether oxygens (including phenoxy) is 2. The van der Waals surface area contributed by atoms with Crippen LogP contribution >= 0.6 is 0 Å². The lowest BCUT2D eigenvalue weighted by Crippen LogP contribution is -2.81. The van der Waals surface area contributed by atoms with Crippen LogP contribution in [0.15, 0.2) is 18.3 Å². The van der Waals surface area contributed by atoms with Crippen molar-refractivity contribution in [1.29, 1.82) is 0 Å². The molecule has 1 aromatic heterocycles. The molecule has 32 heavy (non-hydrogen) atoms. The van der Waals surface area contributed by atoms with Crippen LogP contribution in [0.4, 0.5) is 9.18 Å². The van der Waals surface area contributed by atoms with Gasteiger partial charge in [-0.1, -0.05) is 0 Å². The summed E-state index contributed by atoms with van der Waals surface area (Å²) in [5, 5.41) is 3.05. The number of fused-ring (bicyclic) bond motifs is 1. The van der Waals surface area contributed by atoms with Crippen LogP contribution in [-0.4, -0.2) is 57.7 Å². The van der Waals surface area contributed by atoms with Gasteiger partial charge in [0.2, 0.25) is 0 Å². The number of hydrogen-bond donors (Lipinski definition) is 1. The maximum atomic E-state index is 13.4. The number of likely N-dealkylation sites (tertiary alicyclic amines) is 1. The second kappa shape index (κ2) is 7.15. The van der Waals surface area contributed by atoms with E-state index in [1.807, 2.05) is 0 Å². The van der Waals surface area contributed by atoms with E-state index in [0.717, 1.165) is 25.5 Å². The van der Waals surface area contributed by atoms with Crippen molar-refractivity contribution in [3.8, 4) is 0 Å². The molecule has 5 rings (SSSR count). The minimum atomic E-state index is -0.713. The number of amides is 2. The molecular weight excluding hydrogens is 417 g/mol. The highest BCUT2D eigenvalue weighted by Gasteiger charge is 2.74. The largest absolute Gasteiger partial charge is 0.459 e. The third kappa shape index (κ3) is 3.51. The second-order valence-electron chi connectivity index (χ2n) is 10.5. The number of alkyl carbamates (subject to hydrolysis) is 1. The van der Waals surface area contributed by atoms with Gasteiger partial charge in [-0.15, -0.1) is 0 Å². The first-order chi connectivity index (χ1) is 15.1. The average molecular weight is 445 g/mol. The van der Waals surface area contributed by atoms with Crippen molar-refractivity contribution in [2.75, 3.05) is 6.54 Å². The third-order valence-electron chi connectivity index (χ3n) is 7.01. The Morgan fingerprint density at radius 2 is 2.00 bits per heavy atom. The van der Waals surface area contributed by atoms with Gasteiger partial charge in [-0.05, 0) is 64.5 Å². The molecule has 0 spiro atoms. The molecule has 5 atom stereocenters. The quantitative estimate of drug-likeness (QED) is 0.716. The highest BCUT2D eigenvalue weighted by molar-refractivity contribution is 5.93. The van der Waals surface area contributed by atoms with Gasteiger partial charge in [-0.3, -0.25) is 9.59 Å². The number of carbonyl (C=O) groups excluding carboxylic acids is 3. The van der Waals surface area contributed by atoms with Crippen LogP contribution in [0.2, 0.25) is 0 Å². The van der Waals surface area contributed by atoms with E-state index in [0.29, 0.717) is 13.0 Å². The number of hydrogen-bond acceptors (Lipinski definition) is 6. The van der Waals surface area contributed by atoms with E-state index in [1.54, 1.807) is 25.7 Å². The van der Waals surface area contributed by atoms with Gasteiger partial charge in [-0.25, -0.2) is 14.2 Å². The number of nitrogens with one attached hydrogen (secondary N) is 1. The monoisotopic (exact) mass is 445 g/mol. The topological polar surface area (TPSA) is 97.8 Å². The molecule has 4 aliphatic rings. The molecule has 1 aromatic rings. The summed E-state index contributed by atoms with van der Waals surface area (Å²) in [5.41, 5.74) is -1.26. The Bertz CT molecular complexity index is 957. The van der Waals surface area contributed by atoms with Crippen molar-refractivity contribution in [1.82, 2.24) is 15.2 Å². The molecule has 4 fully saturated rings. The lowest BCUT2D eigenvalue weighted by Gasteiger charge is -2.61. The lowest BCUT2D eigenvalue weighted by molar-refractivity contribution is -0.184. The molecule has 2 amide bonds. The van der Waals surface area contributed by atoms with E-state index in [4.69, 9.17) is 9.47 Å². The Balaban J connectivity index is 1.44. The molecule has 172 valence electrons. The molecule has 2 bridgehead atoms.